The highest BCUT2D eigenvalue weighted by atomic mass is 16.5. The van der Waals surface area contributed by atoms with E-state index in [2.05, 4.69) is 26.0 Å². The van der Waals surface area contributed by atoms with Crippen LogP contribution in [0.5, 0.6) is 5.75 Å². The van der Waals surface area contributed by atoms with E-state index in [1.807, 2.05) is 0 Å². The molecule has 3 fully saturated rings. The highest BCUT2D eigenvalue weighted by Gasteiger charge is 2.60. The van der Waals surface area contributed by atoms with Gasteiger partial charge in [0.1, 0.15) is 5.75 Å². The van der Waals surface area contributed by atoms with Gasteiger partial charge in [0.15, 0.2) is 0 Å². The molecule has 3 aliphatic carbocycles. The van der Waals surface area contributed by atoms with Crippen LogP contribution in [0.1, 0.15) is 48.8 Å². The summed E-state index contributed by atoms with van der Waals surface area (Å²) in [5.74, 6) is 4.39. The van der Waals surface area contributed by atoms with Gasteiger partial charge < -0.3 is 10.5 Å². The van der Waals surface area contributed by atoms with E-state index in [1.165, 1.54) is 48.8 Å². The monoisotopic (exact) mass is 285 g/mol. The summed E-state index contributed by atoms with van der Waals surface area (Å²) in [5, 5.41) is 0. The highest BCUT2D eigenvalue weighted by Crippen LogP contribution is 2.65. The van der Waals surface area contributed by atoms with Crippen molar-refractivity contribution in [3.05, 3.63) is 28.8 Å². The Kier molecular flexibility index (Phi) is 2.91. The first-order valence-corrected chi connectivity index (χ1v) is 8.49. The zero-order valence-corrected chi connectivity index (χ0v) is 13.5. The maximum atomic E-state index is 7.07. The van der Waals surface area contributed by atoms with Crippen LogP contribution >= 0.6 is 0 Å². The van der Waals surface area contributed by atoms with Gasteiger partial charge in [0.2, 0.25) is 0 Å². The predicted molar refractivity (Wildman–Crippen MR) is 85.4 cm³/mol. The average molecular weight is 285 g/mol. The van der Waals surface area contributed by atoms with E-state index in [4.69, 9.17) is 10.5 Å². The van der Waals surface area contributed by atoms with Crippen LogP contribution in [0.3, 0.4) is 0 Å². The molecule has 4 rings (SSSR count). The molecule has 0 heterocycles. The average Bonchev–Trinajstić information content (AvgIpc) is 3.08. The topological polar surface area (TPSA) is 35.2 Å². The van der Waals surface area contributed by atoms with Gasteiger partial charge in [-0.3, -0.25) is 0 Å². The Balaban J connectivity index is 1.80. The second-order valence-electron chi connectivity index (χ2n) is 7.76. The molecule has 0 amide bonds. The number of hydrogen-bond donors (Lipinski definition) is 1. The van der Waals surface area contributed by atoms with E-state index in [1.54, 1.807) is 7.11 Å². The van der Waals surface area contributed by atoms with Gasteiger partial charge in [-0.05, 0) is 80.4 Å². The molecule has 21 heavy (non-hydrogen) atoms. The number of hydrogen-bond acceptors (Lipinski definition) is 2. The summed E-state index contributed by atoms with van der Waals surface area (Å²) in [6, 6.07) is 4.43. The maximum absolute atomic E-state index is 7.07. The van der Waals surface area contributed by atoms with Gasteiger partial charge in [0, 0.05) is 11.1 Å². The molecule has 0 aromatic heterocycles. The molecule has 1 aromatic rings. The Morgan fingerprint density at radius 2 is 1.95 bits per heavy atom. The maximum Gasteiger partial charge on any atom is 0.124 e. The van der Waals surface area contributed by atoms with E-state index in [0.29, 0.717) is 5.92 Å². The number of aryl methyl sites for hydroxylation is 2. The van der Waals surface area contributed by atoms with Crippen LogP contribution in [0.2, 0.25) is 0 Å². The Labute approximate surface area is 128 Å². The molecule has 114 valence electrons. The lowest BCUT2D eigenvalue weighted by atomic mass is 9.67. The molecule has 2 N–H and O–H groups in total. The molecule has 2 heteroatoms. The minimum atomic E-state index is -0.153. The fourth-order valence-corrected chi connectivity index (χ4v) is 6.16. The van der Waals surface area contributed by atoms with Crippen LogP contribution in [0.4, 0.5) is 0 Å². The summed E-state index contributed by atoms with van der Waals surface area (Å²) in [6.07, 6.45) is 6.79. The SMILES string of the molecule is COc1cc(C)cc(C)c1C1(N)CC2CC1C1CCCC21. The second kappa shape index (κ2) is 4.49. The Hall–Kier alpha value is -1.02. The summed E-state index contributed by atoms with van der Waals surface area (Å²) in [5.41, 5.74) is 10.8. The number of benzene rings is 1. The summed E-state index contributed by atoms with van der Waals surface area (Å²) in [4.78, 5) is 0. The minimum absolute atomic E-state index is 0.153. The standard InChI is InChI=1S/C19H27NO/c1-11-7-12(2)18(17(8-11)21-3)19(20)10-13-9-16(19)15-6-4-5-14(13)15/h7-8,13-16H,4-6,9-10,20H2,1-3H3. The number of ether oxygens (including phenoxy) is 1. The zero-order valence-electron chi connectivity index (χ0n) is 13.5. The predicted octanol–water partition coefficient (Wildman–Crippen LogP) is 3.92. The minimum Gasteiger partial charge on any atom is -0.496 e. The smallest absolute Gasteiger partial charge is 0.124 e. The van der Waals surface area contributed by atoms with E-state index in [0.717, 1.165) is 23.5 Å². The van der Waals surface area contributed by atoms with Crippen LogP contribution in [-0.4, -0.2) is 7.11 Å². The van der Waals surface area contributed by atoms with E-state index in [9.17, 15) is 0 Å². The molecular weight excluding hydrogens is 258 g/mol. The molecule has 0 spiro atoms. The number of nitrogens with two attached hydrogens (primary N) is 1. The van der Waals surface area contributed by atoms with Crippen molar-refractivity contribution in [3.63, 3.8) is 0 Å². The molecule has 0 aliphatic heterocycles. The van der Waals surface area contributed by atoms with Crippen LogP contribution in [0, 0.1) is 37.5 Å². The van der Waals surface area contributed by atoms with Crippen LogP contribution in [0.25, 0.3) is 0 Å². The van der Waals surface area contributed by atoms with Gasteiger partial charge in [-0.25, -0.2) is 0 Å². The lowest BCUT2D eigenvalue weighted by Gasteiger charge is -2.42. The van der Waals surface area contributed by atoms with Crippen LogP contribution < -0.4 is 10.5 Å². The fraction of sp³-hybridized carbons (Fsp3) is 0.684. The van der Waals surface area contributed by atoms with E-state index >= 15 is 0 Å². The Morgan fingerprint density at radius 1 is 1.19 bits per heavy atom. The summed E-state index contributed by atoms with van der Waals surface area (Å²) in [6.45, 7) is 4.34. The van der Waals surface area contributed by atoms with Crippen molar-refractivity contribution in [2.75, 3.05) is 7.11 Å². The van der Waals surface area contributed by atoms with Crippen molar-refractivity contribution in [1.82, 2.24) is 0 Å². The molecule has 2 bridgehead atoms. The van der Waals surface area contributed by atoms with Crippen molar-refractivity contribution in [2.45, 2.75) is 51.5 Å². The van der Waals surface area contributed by atoms with Gasteiger partial charge in [-0.15, -0.1) is 0 Å². The molecule has 0 radical (unpaired) electrons. The molecule has 0 saturated heterocycles. The van der Waals surface area contributed by atoms with E-state index < -0.39 is 0 Å². The van der Waals surface area contributed by atoms with Crippen molar-refractivity contribution < 1.29 is 4.74 Å². The molecule has 5 atom stereocenters. The van der Waals surface area contributed by atoms with Crippen molar-refractivity contribution in [3.8, 4) is 5.75 Å². The number of fused-ring (bicyclic) bond motifs is 5. The Bertz CT molecular complexity index is 581. The first kappa shape index (κ1) is 13.6. The lowest BCUT2D eigenvalue weighted by molar-refractivity contribution is 0.153. The molecule has 3 saturated carbocycles. The fourth-order valence-electron chi connectivity index (χ4n) is 6.16. The van der Waals surface area contributed by atoms with Crippen molar-refractivity contribution in [1.29, 1.82) is 0 Å². The van der Waals surface area contributed by atoms with Gasteiger partial charge in [-0.2, -0.15) is 0 Å². The van der Waals surface area contributed by atoms with Crippen LogP contribution in [0.15, 0.2) is 12.1 Å². The van der Waals surface area contributed by atoms with Gasteiger partial charge in [-0.1, -0.05) is 12.5 Å². The number of rotatable bonds is 2. The zero-order chi connectivity index (χ0) is 14.8. The molecule has 1 aromatic carbocycles. The van der Waals surface area contributed by atoms with Crippen molar-refractivity contribution in [2.24, 2.45) is 29.4 Å². The van der Waals surface area contributed by atoms with Crippen molar-refractivity contribution >= 4 is 0 Å². The van der Waals surface area contributed by atoms with Gasteiger partial charge in [0.05, 0.1) is 7.11 Å². The van der Waals surface area contributed by atoms with E-state index in [-0.39, 0.29) is 5.54 Å². The molecular formula is C19H27NO. The lowest BCUT2D eigenvalue weighted by Crippen LogP contribution is -2.47. The number of methoxy groups -OCH3 is 1. The third-order valence-corrected chi connectivity index (χ3v) is 6.69. The molecule has 5 unspecified atom stereocenters. The largest absolute Gasteiger partial charge is 0.496 e. The van der Waals surface area contributed by atoms with Gasteiger partial charge in [0.25, 0.3) is 0 Å². The normalized spacial score (nSPS) is 40.6. The highest BCUT2D eigenvalue weighted by molar-refractivity contribution is 5.49. The second-order valence-corrected chi connectivity index (χ2v) is 7.76. The Morgan fingerprint density at radius 3 is 2.71 bits per heavy atom. The van der Waals surface area contributed by atoms with Gasteiger partial charge >= 0.3 is 0 Å². The molecule has 2 nitrogen and oxygen atoms in total. The first-order valence-electron chi connectivity index (χ1n) is 8.49. The molecule has 3 aliphatic rings. The summed E-state index contributed by atoms with van der Waals surface area (Å²) in [7, 11) is 1.78. The third-order valence-electron chi connectivity index (χ3n) is 6.69. The van der Waals surface area contributed by atoms with Crippen LogP contribution in [-0.2, 0) is 5.54 Å². The first-order chi connectivity index (χ1) is 10.0. The quantitative estimate of drug-likeness (QED) is 0.893. The third kappa shape index (κ3) is 1.75. The summed E-state index contributed by atoms with van der Waals surface area (Å²) >= 11 is 0. The summed E-state index contributed by atoms with van der Waals surface area (Å²) < 4.78 is 5.72.